The van der Waals surface area contributed by atoms with Crippen LogP contribution in [0.5, 0.6) is 0 Å². The van der Waals surface area contributed by atoms with Crippen LogP contribution in [0.4, 0.5) is 5.69 Å². The lowest BCUT2D eigenvalue weighted by molar-refractivity contribution is -0.00666. The number of rotatable bonds is 6. The maximum absolute atomic E-state index is 12.4. The summed E-state index contributed by atoms with van der Waals surface area (Å²) in [6, 6.07) is 26.1. The lowest BCUT2D eigenvalue weighted by Gasteiger charge is -2.43. The molecule has 0 saturated carbocycles. The van der Waals surface area contributed by atoms with Crippen LogP contribution in [0.15, 0.2) is 94.8 Å². The van der Waals surface area contributed by atoms with E-state index in [1.54, 1.807) is 29.2 Å². The fraction of sp³-hybridized carbons (Fsp3) is 0.310. The predicted molar refractivity (Wildman–Crippen MR) is 149 cm³/mol. The Morgan fingerprint density at radius 3 is 1.87 bits per heavy atom. The lowest BCUT2D eigenvalue weighted by atomic mass is 9.72. The second kappa shape index (κ2) is 11.4. The van der Waals surface area contributed by atoms with E-state index in [0.29, 0.717) is 37.6 Å². The predicted octanol–water partition coefficient (Wildman–Crippen LogP) is 3.86. The summed E-state index contributed by atoms with van der Waals surface area (Å²) in [6.07, 6.45) is 3.30. The third-order valence-electron chi connectivity index (χ3n) is 7.25. The smallest absolute Gasteiger partial charge is 0.242 e. The van der Waals surface area contributed by atoms with E-state index >= 15 is 0 Å². The Kier molecular flexibility index (Phi) is 8.17. The number of piperidine rings is 1. The van der Waals surface area contributed by atoms with Crippen LogP contribution in [0.25, 0.3) is 0 Å². The van der Waals surface area contributed by atoms with E-state index in [4.69, 9.17) is 0 Å². The highest BCUT2D eigenvalue weighted by Gasteiger charge is 2.42. The molecule has 1 N–H and O–H groups in total. The van der Waals surface area contributed by atoms with Crippen LogP contribution < -0.4 is 4.90 Å². The van der Waals surface area contributed by atoms with Gasteiger partial charge in [0.05, 0.1) is 4.90 Å². The number of nitrogens with zero attached hydrogens (tertiary/aromatic N) is 5. The largest absolute Gasteiger partial charge is 0.380 e. The summed E-state index contributed by atoms with van der Waals surface area (Å²) in [5.74, 6) is 0.449. The molecule has 1 fully saturated rings. The fourth-order valence-electron chi connectivity index (χ4n) is 5.09. The number of nitriles is 1. The highest BCUT2D eigenvalue weighted by Crippen LogP contribution is 2.42. The molecule has 1 saturated heterocycles. The maximum Gasteiger partial charge on any atom is 0.242 e. The molecule has 9 heteroatoms. The van der Waals surface area contributed by atoms with E-state index in [1.165, 1.54) is 18.4 Å². The van der Waals surface area contributed by atoms with Crippen LogP contribution in [0.1, 0.15) is 24.0 Å². The van der Waals surface area contributed by atoms with Gasteiger partial charge in [-0.15, -0.1) is 4.99 Å². The summed E-state index contributed by atoms with van der Waals surface area (Å²) in [6.45, 7) is 1.20. The first kappa shape index (κ1) is 27.3. The van der Waals surface area contributed by atoms with Gasteiger partial charge in [-0.25, -0.2) is 12.7 Å². The third kappa shape index (κ3) is 5.29. The second-order valence-corrected chi connectivity index (χ2v) is 11.8. The molecule has 1 heterocycles. The zero-order chi connectivity index (χ0) is 27.3. The van der Waals surface area contributed by atoms with Crippen molar-refractivity contribution >= 4 is 21.7 Å². The fourth-order valence-corrected chi connectivity index (χ4v) is 5.99. The Morgan fingerprint density at radius 2 is 1.42 bits per heavy atom. The van der Waals surface area contributed by atoms with Crippen LogP contribution in [0.2, 0.25) is 0 Å². The molecule has 0 radical (unpaired) electrons. The van der Waals surface area contributed by atoms with Crippen molar-refractivity contribution in [1.29, 1.82) is 5.26 Å². The van der Waals surface area contributed by atoms with Crippen LogP contribution in [0.3, 0.4) is 0 Å². The van der Waals surface area contributed by atoms with Crippen LogP contribution in [-0.2, 0) is 15.6 Å². The number of likely N-dealkylation sites (tertiary alicyclic amines) is 1. The van der Waals surface area contributed by atoms with Gasteiger partial charge >= 0.3 is 0 Å². The van der Waals surface area contributed by atoms with Crippen LogP contribution in [0, 0.1) is 17.4 Å². The molecule has 0 amide bonds. The van der Waals surface area contributed by atoms with E-state index in [-0.39, 0.29) is 10.8 Å². The van der Waals surface area contributed by atoms with Gasteiger partial charge in [0.1, 0.15) is 5.60 Å². The summed E-state index contributed by atoms with van der Waals surface area (Å²) in [7, 11) is 1.26. The Bertz CT molecular complexity index is 1350. The monoisotopic (exact) mass is 531 g/mol. The number of sulfonamides is 1. The zero-order valence-electron chi connectivity index (χ0n) is 21.9. The molecule has 3 aromatic carbocycles. The molecule has 1 aliphatic rings. The molecular weight excluding hydrogens is 498 g/mol. The minimum Gasteiger partial charge on any atom is -0.380 e. The first-order chi connectivity index (χ1) is 18.2. The summed E-state index contributed by atoms with van der Waals surface area (Å²) in [5, 5.41) is 21.6. The van der Waals surface area contributed by atoms with Crippen molar-refractivity contribution in [2.24, 2.45) is 10.9 Å². The van der Waals surface area contributed by atoms with Crippen molar-refractivity contribution in [2.75, 3.05) is 39.1 Å². The number of anilines is 1. The van der Waals surface area contributed by atoms with Gasteiger partial charge in [0.25, 0.3) is 0 Å². The van der Waals surface area contributed by atoms with Crippen LogP contribution >= 0.6 is 0 Å². The number of hydrogen-bond donors (Lipinski definition) is 1. The number of hydrogen-bond acceptors (Lipinski definition) is 5. The molecule has 198 valence electrons. The lowest BCUT2D eigenvalue weighted by Crippen LogP contribution is -2.50. The molecule has 0 atom stereocenters. The van der Waals surface area contributed by atoms with Crippen molar-refractivity contribution in [3.8, 4) is 6.19 Å². The van der Waals surface area contributed by atoms with E-state index < -0.39 is 15.6 Å². The van der Waals surface area contributed by atoms with Crippen LogP contribution in [-0.4, -0.2) is 62.9 Å². The Balaban J connectivity index is 1.55. The van der Waals surface area contributed by atoms with E-state index in [2.05, 4.69) is 4.99 Å². The van der Waals surface area contributed by atoms with Gasteiger partial charge in [-0.3, -0.25) is 0 Å². The average molecular weight is 532 g/mol. The summed E-state index contributed by atoms with van der Waals surface area (Å²) >= 11 is 0. The first-order valence-electron chi connectivity index (χ1n) is 12.5. The number of guanidine groups is 1. The quantitative estimate of drug-likeness (QED) is 0.295. The molecule has 0 aromatic heterocycles. The third-order valence-corrected chi connectivity index (χ3v) is 9.08. The summed E-state index contributed by atoms with van der Waals surface area (Å²) in [5.41, 5.74) is 1.30. The summed E-state index contributed by atoms with van der Waals surface area (Å²) in [4.78, 5) is 8.14. The van der Waals surface area contributed by atoms with E-state index in [0.717, 1.165) is 11.1 Å². The van der Waals surface area contributed by atoms with Crippen molar-refractivity contribution in [2.45, 2.75) is 23.3 Å². The van der Waals surface area contributed by atoms with Crippen molar-refractivity contribution in [1.82, 2.24) is 9.21 Å². The first-order valence-corrected chi connectivity index (χ1v) is 13.9. The maximum atomic E-state index is 12.4. The molecule has 0 spiro atoms. The van der Waals surface area contributed by atoms with Gasteiger partial charge in [-0.1, -0.05) is 60.7 Å². The molecule has 3 aromatic rings. The highest BCUT2D eigenvalue weighted by atomic mass is 32.2. The Hall–Kier alpha value is -3.71. The van der Waals surface area contributed by atoms with E-state index in [1.807, 2.05) is 78.8 Å². The number of aliphatic imine (C=N–C) groups is 1. The van der Waals surface area contributed by atoms with Gasteiger partial charge in [-0.05, 0) is 54.2 Å². The molecule has 0 unspecified atom stereocenters. The molecule has 8 nitrogen and oxygen atoms in total. The number of benzene rings is 3. The standard InChI is InChI=1S/C29H33N5O3S/c1-32(2)38(36,37)27-16-14-26(15-17-27)33(3)28(31-22-30)34-20-18-25(19-21-34)29(35,23-10-6-4-7-11-23)24-12-8-5-9-13-24/h4-17,25,35H,18-21H2,1-3H3. The van der Waals surface area contributed by atoms with Crippen molar-refractivity contribution in [3.63, 3.8) is 0 Å². The van der Waals surface area contributed by atoms with Gasteiger partial charge in [-0.2, -0.15) is 5.26 Å². The van der Waals surface area contributed by atoms with Crippen molar-refractivity contribution in [3.05, 3.63) is 96.1 Å². The average Bonchev–Trinajstić information content (AvgIpc) is 2.96. The van der Waals surface area contributed by atoms with Gasteiger partial charge in [0.2, 0.25) is 22.2 Å². The molecule has 0 aliphatic carbocycles. The minimum atomic E-state index is -3.54. The SMILES string of the molecule is CN(C(=NC#N)N1CCC(C(O)(c2ccccc2)c2ccccc2)CC1)c1ccc(S(=O)(=O)N(C)C)cc1. The topological polar surface area (TPSA) is 100 Å². The molecule has 38 heavy (non-hydrogen) atoms. The van der Waals surface area contributed by atoms with Gasteiger partial charge in [0.15, 0.2) is 0 Å². The molecule has 4 rings (SSSR count). The Labute approximate surface area is 225 Å². The van der Waals surface area contributed by atoms with Gasteiger partial charge in [0, 0.05) is 39.9 Å². The highest BCUT2D eigenvalue weighted by molar-refractivity contribution is 7.89. The minimum absolute atomic E-state index is 0.0345. The number of aliphatic hydroxyl groups is 1. The molecule has 0 bridgehead atoms. The van der Waals surface area contributed by atoms with E-state index in [9.17, 15) is 18.8 Å². The molecule has 1 aliphatic heterocycles. The zero-order valence-corrected chi connectivity index (χ0v) is 22.7. The van der Waals surface area contributed by atoms with Crippen molar-refractivity contribution < 1.29 is 13.5 Å². The molecular formula is C29H33N5O3S. The summed E-state index contributed by atoms with van der Waals surface area (Å²) < 4.78 is 26.0. The second-order valence-electron chi connectivity index (χ2n) is 9.61. The Morgan fingerprint density at radius 1 is 0.921 bits per heavy atom. The normalized spacial score (nSPS) is 15.4. The van der Waals surface area contributed by atoms with Gasteiger partial charge < -0.3 is 14.9 Å².